The molecule has 0 saturated carbocycles. The van der Waals surface area contributed by atoms with Gasteiger partial charge in [0.25, 0.3) is 5.56 Å². The number of carbonyl (C=O) groups is 1. The van der Waals surface area contributed by atoms with Crippen LogP contribution in [0.15, 0.2) is 47.3 Å². The number of aromatic nitrogens is 2. The number of hydrogen-bond acceptors (Lipinski definition) is 6. The number of esters is 1. The van der Waals surface area contributed by atoms with Crippen molar-refractivity contribution in [3.63, 3.8) is 0 Å². The van der Waals surface area contributed by atoms with Crippen LogP contribution in [-0.4, -0.2) is 43.0 Å². The van der Waals surface area contributed by atoms with Crippen molar-refractivity contribution in [2.75, 3.05) is 27.4 Å². The van der Waals surface area contributed by atoms with Crippen molar-refractivity contribution >= 4 is 17.6 Å². The maximum Gasteiger partial charge on any atom is 0.343 e. The Morgan fingerprint density at radius 1 is 1.14 bits per heavy atom. The predicted molar refractivity (Wildman–Crippen MR) is 144 cm³/mol. The Morgan fingerprint density at radius 2 is 1.86 bits per heavy atom. The van der Waals surface area contributed by atoms with E-state index in [1.54, 1.807) is 17.7 Å². The third kappa shape index (κ3) is 5.58. The fraction of sp³-hybridized carbons (Fsp3) is 0.414. The van der Waals surface area contributed by atoms with Crippen molar-refractivity contribution in [2.45, 2.75) is 46.1 Å². The summed E-state index contributed by atoms with van der Waals surface area (Å²) in [4.78, 5) is 31.1. The van der Waals surface area contributed by atoms with Crippen LogP contribution >= 0.6 is 11.6 Å². The lowest BCUT2D eigenvalue weighted by Gasteiger charge is -2.37. The number of nitrogens with zero attached hydrogens (tertiary/aromatic N) is 2. The monoisotopic (exact) mass is 524 g/mol. The van der Waals surface area contributed by atoms with Crippen LogP contribution in [0, 0.1) is 5.41 Å². The Labute approximate surface area is 222 Å². The summed E-state index contributed by atoms with van der Waals surface area (Å²) < 4.78 is 17.6. The lowest BCUT2D eigenvalue weighted by molar-refractivity contribution is 0.0597. The average molecular weight is 525 g/mol. The SMILES string of the molecule is COCCCOc1cc2c(nc1Cl)-c1c(cc(C(=O)OC)c(=O)n1Cc1ccccc1)C(C(C)(C)C)C2. The Kier molecular flexibility index (Phi) is 8.05. The van der Waals surface area contributed by atoms with Gasteiger partial charge in [0.2, 0.25) is 0 Å². The van der Waals surface area contributed by atoms with Gasteiger partial charge in [-0.25, -0.2) is 9.78 Å². The van der Waals surface area contributed by atoms with E-state index in [1.165, 1.54) is 7.11 Å². The summed E-state index contributed by atoms with van der Waals surface area (Å²) in [6.45, 7) is 7.78. The fourth-order valence-corrected chi connectivity index (χ4v) is 5.05. The van der Waals surface area contributed by atoms with Gasteiger partial charge in [-0.3, -0.25) is 4.79 Å². The Morgan fingerprint density at radius 3 is 2.51 bits per heavy atom. The number of halogens is 1. The smallest absolute Gasteiger partial charge is 0.343 e. The van der Waals surface area contributed by atoms with Gasteiger partial charge >= 0.3 is 5.97 Å². The lowest BCUT2D eigenvalue weighted by Crippen LogP contribution is -2.34. The van der Waals surface area contributed by atoms with Crippen LogP contribution in [0.4, 0.5) is 0 Å². The van der Waals surface area contributed by atoms with Gasteiger partial charge in [0.1, 0.15) is 5.56 Å². The van der Waals surface area contributed by atoms with Gasteiger partial charge in [0.05, 0.1) is 31.6 Å². The first-order valence-corrected chi connectivity index (χ1v) is 12.7. The molecule has 0 N–H and O–H groups in total. The highest BCUT2D eigenvalue weighted by Crippen LogP contribution is 2.48. The van der Waals surface area contributed by atoms with Crippen LogP contribution in [0.1, 0.15) is 60.2 Å². The summed E-state index contributed by atoms with van der Waals surface area (Å²) >= 11 is 6.59. The minimum Gasteiger partial charge on any atom is -0.490 e. The van der Waals surface area contributed by atoms with E-state index in [0.29, 0.717) is 36.8 Å². The molecule has 8 heteroatoms. The first kappa shape index (κ1) is 26.9. The van der Waals surface area contributed by atoms with Crippen molar-refractivity contribution in [1.82, 2.24) is 9.55 Å². The van der Waals surface area contributed by atoms with E-state index in [4.69, 9.17) is 30.8 Å². The van der Waals surface area contributed by atoms with Crippen LogP contribution in [0.5, 0.6) is 5.75 Å². The van der Waals surface area contributed by atoms with Crippen LogP contribution in [0.25, 0.3) is 11.4 Å². The van der Waals surface area contributed by atoms with Crippen molar-refractivity contribution in [2.24, 2.45) is 5.41 Å². The van der Waals surface area contributed by atoms with Gasteiger partial charge in [0.15, 0.2) is 10.9 Å². The highest BCUT2D eigenvalue weighted by molar-refractivity contribution is 6.31. The van der Waals surface area contributed by atoms with Crippen molar-refractivity contribution in [1.29, 1.82) is 0 Å². The third-order valence-electron chi connectivity index (χ3n) is 6.75. The molecular weight excluding hydrogens is 492 g/mol. The van der Waals surface area contributed by atoms with Crippen LogP contribution in [0.3, 0.4) is 0 Å². The molecule has 2 heterocycles. The molecule has 0 bridgehead atoms. The third-order valence-corrected chi connectivity index (χ3v) is 7.02. The van der Waals surface area contributed by atoms with E-state index in [0.717, 1.165) is 23.1 Å². The molecule has 2 aromatic heterocycles. The van der Waals surface area contributed by atoms with E-state index in [2.05, 4.69) is 20.8 Å². The first-order chi connectivity index (χ1) is 17.7. The van der Waals surface area contributed by atoms with E-state index in [9.17, 15) is 9.59 Å². The normalized spacial score (nSPS) is 14.6. The standard InChI is InChI=1S/C29H33ClN2O5/c1-29(2,3)22-14-19-15-23(37-13-9-12-35-4)26(30)31-24(19)25-20(22)16-21(28(34)36-5)27(33)32(25)17-18-10-7-6-8-11-18/h6-8,10-11,15-16,22H,9,12-14,17H2,1-5H3. The van der Waals surface area contributed by atoms with Gasteiger partial charge in [0, 0.05) is 20.1 Å². The molecule has 1 aliphatic rings. The van der Waals surface area contributed by atoms with Gasteiger partial charge in [-0.05, 0) is 46.6 Å². The molecule has 0 saturated heterocycles. The summed E-state index contributed by atoms with van der Waals surface area (Å²) in [5, 5.41) is 0.229. The average Bonchev–Trinajstić information content (AvgIpc) is 2.87. The molecule has 3 aromatic rings. The maximum absolute atomic E-state index is 13.7. The minimum absolute atomic E-state index is 0.00495. The summed E-state index contributed by atoms with van der Waals surface area (Å²) in [6, 6.07) is 13.3. The quantitative estimate of drug-likeness (QED) is 0.220. The van der Waals surface area contributed by atoms with E-state index in [1.807, 2.05) is 36.4 Å². The van der Waals surface area contributed by atoms with Gasteiger partial charge in [-0.15, -0.1) is 0 Å². The molecule has 0 amide bonds. The molecule has 7 nitrogen and oxygen atoms in total. The molecule has 0 fully saturated rings. The topological polar surface area (TPSA) is 79.7 Å². The number of fused-ring (bicyclic) bond motifs is 3. The Bertz CT molecular complexity index is 1350. The van der Waals surface area contributed by atoms with E-state index < -0.39 is 11.5 Å². The van der Waals surface area contributed by atoms with E-state index >= 15 is 0 Å². The van der Waals surface area contributed by atoms with Gasteiger partial charge in [-0.1, -0.05) is 62.7 Å². The fourth-order valence-electron chi connectivity index (χ4n) is 4.85. The molecule has 1 aromatic carbocycles. The maximum atomic E-state index is 13.7. The second-order valence-electron chi connectivity index (χ2n) is 10.3. The highest BCUT2D eigenvalue weighted by Gasteiger charge is 2.37. The highest BCUT2D eigenvalue weighted by atomic mass is 35.5. The van der Waals surface area contributed by atoms with Crippen LogP contribution in [0.2, 0.25) is 5.15 Å². The molecule has 1 unspecified atom stereocenters. The molecule has 4 rings (SSSR count). The van der Waals surface area contributed by atoms with Crippen molar-refractivity contribution in [3.05, 3.63) is 80.2 Å². The second kappa shape index (κ2) is 11.1. The van der Waals surface area contributed by atoms with Gasteiger partial charge < -0.3 is 18.8 Å². The molecule has 1 atom stereocenters. The molecular formula is C29H33ClN2O5. The van der Waals surface area contributed by atoms with Crippen LogP contribution in [-0.2, 0) is 22.4 Å². The zero-order chi connectivity index (χ0) is 26.7. The Balaban J connectivity index is 1.95. The summed E-state index contributed by atoms with van der Waals surface area (Å²) in [5.74, 6) is -0.139. The molecule has 37 heavy (non-hydrogen) atoms. The van der Waals surface area contributed by atoms with Gasteiger partial charge in [-0.2, -0.15) is 0 Å². The number of benzene rings is 1. The number of pyridine rings is 2. The number of hydrogen-bond donors (Lipinski definition) is 0. The predicted octanol–water partition coefficient (Wildman–Crippen LogP) is 5.50. The second-order valence-corrected chi connectivity index (χ2v) is 10.7. The number of methoxy groups -OCH3 is 2. The van der Waals surface area contributed by atoms with E-state index in [-0.39, 0.29) is 28.6 Å². The molecule has 0 aliphatic heterocycles. The largest absolute Gasteiger partial charge is 0.490 e. The molecule has 0 spiro atoms. The minimum atomic E-state index is -0.654. The molecule has 1 aliphatic carbocycles. The summed E-state index contributed by atoms with van der Waals surface area (Å²) in [7, 11) is 2.94. The zero-order valence-electron chi connectivity index (χ0n) is 22.0. The van der Waals surface area contributed by atoms with Crippen LogP contribution < -0.4 is 10.3 Å². The summed E-state index contributed by atoms with van der Waals surface area (Å²) in [5.41, 5.74) is 3.49. The number of carbonyl (C=O) groups excluding carboxylic acids is 1. The Hall–Kier alpha value is -3.16. The first-order valence-electron chi connectivity index (χ1n) is 12.4. The lowest BCUT2D eigenvalue weighted by atomic mass is 9.69. The molecule has 0 radical (unpaired) electrons. The summed E-state index contributed by atoms with van der Waals surface area (Å²) in [6.07, 6.45) is 1.39. The molecule has 196 valence electrons. The van der Waals surface area contributed by atoms with Crippen molar-refractivity contribution < 1.29 is 19.0 Å². The van der Waals surface area contributed by atoms with Crippen molar-refractivity contribution in [3.8, 4) is 17.1 Å². The number of rotatable bonds is 8. The number of ether oxygens (including phenoxy) is 3. The zero-order valence-corrected chi connectivity index (χ0v) is 22.7.